The summed E-state index contributed by atoms with van der Waals surface area (Å²) in [6, 6.07) is 13.5. The Kier molecular flexibility index (Phi) is 6.69. The van der Waals surface area contributed by atoms with Crippen LogP contribution >= 0.6 is 0 Å². The normalized spacial score (nSPS) is 19.3. The Morgan fingerprint density at radius 2 is 1.45 bits per heavy atom. The van der Waals surface area contributed by atoms with Gasteiger partial charge in [-0.05, 0) is 69.0 Å². The van der Waals surface area contributed by atoms with Crippen LogP contribution in [0.4, 0.5) is 35.0 Å². The molecular weight excluding hydrogens is 431 g/mol. The molecule has 2 heterocycles. The van der Waals surface area contributed by atoms with Crippen molar-refractivity contribution in [3.63, 3.8) is 0 Å². The minimum atomic E-state index is -4.34. The number of hydrogen-bond donors (Lipinski definition) is 1. The van der Waals surface area contributed by atoms with E-state index in [9.17, 15) is 18.0 Å². The van der Waals surface area contributed by atoms with E-state index in [1.807, 2.05) is 29.2 Å². The van der Waals surface area contributed by atoms with Crippen LogP contribution in [0.25, 0.3) is 0 Å². The number of benzene rings is 2. The second-order valence-electron chi connectivity index (χ2n) is 8.85. The van der Waals surface area contributed by atoms with Crippen molar-refractivity contribution in [2.24, 2.45) is 0 Å². The highest BCUT2D eigenvalue weighted by atomic mass is 19.4. The summed E-state index contributed by atoms with van der Waals surface area (Å²) in [4.78, 5) is 21.0. The lowest BCUT2D eigenvalue weighted by atomic mass is 10.1. The van der Waals surface area contributed by atoms with E-state index in [0.29, 0.717) is 32.2 Å². The Morgan fingerprint density at radius 3 is 2.00 bits per heavy atom. The number of rotatable bonds is 4. The SMILES string of the molecule is CN(C)C1CCN(c2ccc(NC(=O)N3CCN(c4ccc(C(F)(F)F)cc4)CC3)cc2)C1. The molecule has 0 radical (unpaired) electrons. The zero-order chi connectivity index (χ0) is 23.6. The summed E-state index contributed by atoms with van der Waals surface area (Å²) in [6.45, 7) is 4.18. The van der Waals surface area contributed by atoms with Crippen molar-refractivity contribution in [2.45, 2.75) is 18.6 Å². The van der Waals surface area contributed by atoms with Gasteiger partial charge < -0.3 is 24.9 Å². The summed E-state index contributed by atoms with van der Waals surface area (Å²) in [5, 5.41) is 2.95. The Hall–Kier alpha value is -2.94. The quantitative estimate of drug-likeness (QED) is 0.741. The number of halogens is 3. The minimum Gasteiger partial charge on any atom is -0.370 e. The predicted octanol–water partition coefficient (Wildman–Crippen LogP) is 4.20. The van der Waals surface area contributed by atoms with Crippen LogP contribution in [0, 0.1) is 0 Å². The third-order valence-corrected chi connectivity index (χ3v) is 6.50. The molecule has 6 nitrogen and oxygen atoms in total. The van der Waals surface area contributed by atoms with Gasteiger partial charge in [0.05, 0.1) is 5.56 Å². The number of nitrogens with zero attached hydrogens (tertiary/aromatic N) is 4. The summed E-state index contributed by atoms with van der Waals surface area (Å²) < 4.78 is 38.3. The first-order valence-electron chi connectivity index (χ1n) is 11.2. The second-order valence-corrected chi connectivity index (χ2v) is 8.85. The summed E-state index contributed by atoms with van der Waals surface area (Å²) in [7, 11) is 4.21. The van der Waals surface area contributed by atoms with Crippen LogP contribution in [-0.4, -0.2) is 75.2 Å². The van der Waals surface area contributed by atoms with E-state index >= 15 is 0 Å². The summed E-state index contributed by atoms with van der Waals surface area (Å²) in [6.07, 6.45) is -3.19. The predicted molar refractivity (Wildman–Crippen MR) is 125 cm³/mol. The number of carbonyl (C=O) groups excluding carboxylic acids is 1. The van der Waals surface area contributed by atoms with Crippen LogP contribution in [0.3, 0.4) is 0 Å². The minimum absolute atomic E-state index is 0.163. The molecule has 2 fully saturated rings. The maximum atomic E-state index is 12.8. The largest absolute Gasteiger partial charge is 0.416 e. The van der Waals surface area contributed by atoms with Crippen LogP contribution in [0.2, 0.25) is 0 Å². The van der Waals surface area contributed by atoms with E-state index < -0.39 is 11.7 Å². The van der Waals surface area contributed by atoms with Crippen LogP contribution in [-0.2, 0) is 6.18 Å². The van der Waals surface area contributed by atoms with Gasteiger partial charge in [0.2, 0.25) is 0 Å². The van der Waals surface area contributed by atoms with Gasteiger partial charge in [0, 0.05) is 62.4 Å². The van der Waals surface area contributed by atoms with Crippen LogP contribution in [0.1, 0.15) is 12.0 Å². The number of likely N-dealkylation sites (N-methyl/N-ethyl adjacent to an activating group) is 1. The molecular formula is C24H30F3N5O. The fourth-order valence-electron chi connectivity index (χ4n) is 4.38. The van der Waals surface area contributed by atoms with Gasteiger partial charge in [0.25, 0.3) is 0 Å². The van der Waals surface area contributed by atoms with Gasteiger partial charge in [-0.3, -0.25) is 0 Å². The fraction of sp³-hybridized carbons (Fsp3) is 0.458. The third kappa shape index (κ3) is 5.52. The van der Waals surface area contributed by atoms with E-state index in [-0.39, 0.29) is 6.03 Å². The molecule has 0 saturated carbocycles. The average molecular weight is 462 g/mol. The molecule has 2 aromatic carbocycles. The smallest absolute Gasteiger partial charge is 0.370 e. The topological polar surface area (TPSA) is 42.1 Å². The number of urea groups is 1. The van der Waals surface area contributed by atoms with Crippen molar-refractivity contribution in [3.05, 3.63) is 54.1 Å². The lowest BCUT2D eigenvalue weighted by Gasteiger charge is -2.36. The van der Waals surface area contributed by atoms with Crippen molar-refractivity contribution in [1.29, 1.82) is 0 Å². The van der Waals surface area contributed by atoms with E-state index in [2.05, 4.69) is 29.2 Å². The van der Waals surface area contributed by atoms with Crippen LogP contribution in [0.15, 0.2) is 48.5 Å². The second kappa shape index (κ2) is 9.51. The van der Waals surface area contributed by atoms with Crippen molar-refractivity contribution in [3.8, 4) is 0 Å². The highest BCUT2D eigenvalue weighted by molar-refractivity contribution is 5.89. The molecule has 0 bridgehead atoms. The molecule has 2 saturated heterocycles. The van der Waals surface area contributed by atoms with E-state index in [1.54, 1.807) is 4.90 Å². The molecule has 2 aromatic rings. The number of piperazine rings is 1. The zero-order valence-corrected chi connectivity index (χ0v) is 19.0. The van der Waals surface area contributed by atoms with Crippen molar-refractivity contribution < 1.29 is 18.0 Å². The summed E-state index contributed by atoms with van der Waals surface area (Å²) in [5.41, 5.74) is 1.98. The first-order chi connectivity index (χ1) is 15.7. The molecule has 2 amide bonds. The molecule has 0 aliphatic carbocycles. The molecule has 2 aliphatic heterocycles. The molecule has 178 valence electrons. The number of anilines is 3. The molecule has 4 rings (SSSR count). The summed E-state index contributed by atoms with van der Waals surface area (Å²) in [5.74, 6) is 0. The first-order valence-corrected chi connectivity index (χ1v) is 11.2. The molecule has 0 spiro atoms. The summed E-state index contributed by atoms with van der Waals surface area (Å²) >= 11 is 0. The average Bonchev–Trinajstić information content (AvgIpc) is 3.30. The maximum Gasteiger partial charge on any atom is 0.416 e. The first kappa shape index (κ1) is 23.2. The molecule has 33 heavy (non-hydrogen) atoms. The van der Waals surface area contributed by atoms with Gasteiger partial charge in [-0.25, -0.2) is 4.79 Å². The van der Waals surface area contributed by atoms with E-state index in [1.165, 1.54) is 12.1 Å². The Bertz CT molecular complexity index is 938. The molecule has 2 aliphatic rings. The molecule has 1 N–H and O–H groups in total. The van der Waals surface area contributed by atoms with Gasteiger partial charge in [0.15, 0.2) is 0 Å². The number of alkyl halides is 3. The van der Waals surface area contributed by atoms with Crippen molar-refractivity contribution in [2.75, 3.05) is 68.5 Å². The van der Waals surface area contributed by atoms with Gasteiger partial charge in [-0.1, -0.05) is 0 Å². The monoisotopic (exact) mass is 461 g/mol. The lowest BCUT2D eigenvalue weighted by Crippen LogP contribution is -2.50. The van der Waals surface area contributed by atoms with Gasteiger partial charge in [-0.2, -0.15) is 13.2 Å². The zero-order valence-electron chi connectivity index (χ0n) is 19.0. The van der Waals surface area contributed by atoms with Crippen molar-refractivity contribution >= 4 is 23.1 Å². The standard InChI is InChI=1S/C24H30F3N5O/c1-29(2)22-11-12-32(17-22)21-9-5-19(6-10-21)28-23(33)31-15-13-30(14-16-31)20-7-3-18(4-8-20)24(25,26)27/h3-10,22H,11-17H2,1-2H3,(H,28,33). The molecule has 1 unspecified atom stereocenters. The Morgan fingerprint density at radius 1 is 0.879 bits per heavy atom. The molecule has 9 heteroatoms. The molecule has 1 atom stereocenters. The van der Waals surface area contributed by atoms with Crippen molar-refractivity contribution in [1.82, 2.24) is 9.80 Å². The number of carbonyl (C=O) groups is 1. The number of amides is 2. The third-order valence-electron chi connectivity index (χ3n) is 6.50. The van der Waals surface area contributed by atoms with Gasteiger partial charge in [-0.15, -0.1) is 0 Å². The maximum absolute atomic E-state index is 12.8. The lowest BCUT2D eigenvalue weighted by molar-refractivity contribution is -0.137. The highest BCUT2D eigenvalue weighted by Gasteiger charge is 2.30. The van der Waals surface area contributed by atoms with E-state index in [4.69, 9.17) is 0 Å². The van der Waals surface area contributed by atoms with E-state index in [0.717, 1.165) is 48.7 Å². The fourth-order valence-corrected chi connectivity index (χ4v) is 4.38. The number of nitrogens with one attached hydrogen (secondary N) is 1. The number of hydrogen-bond acceptors (Lipinski definition) is 4. The van der Waals surface area contributed by atoms with Gasteiger partial charge >= 0.3 is 12.2 Å². The van der Waals surface area contributed by atoms with Crippen LogP contribution in [0.5, 0.6) is 0 Å². The highest BCUT2D eigenvalue weighted by Crippen LogP contribution is 2.31. The molecule has 0 aromatic heterocycles. The Labute approximate surface area is 192 Å². The Balaban J connectivity index is 1.27. The van der Waals surface area contributed by atoms with Crippen LogP contribution < -0.4 is 15.1 Å². The van der Waals surface area contributed by atoms with Gasteiger partial charge in [0.1, 0.15) is 0 Å².